The zero-order chi connectivity index (χ0) is 22.9. The lowest BCUT2D eigenvalue weighted by Gasteiger charge is -2.26. The van der Waals surface area contributed by atoms with Crippen LogP contribution >= 0.6 is 0 Å². The highest BCUT2D eigenvalue weighted by Crippen LogP contribution is 2.42. The number of aromatic nitrogens is 1. The summed E-state index contributed by atoms with van der Waals surface area (Å²) in [4.78, 5) is 25.9. The molecule has 5 rings (SSSR count). The van der Waals surface area contributed by atoms with Crippen LogP contribution in [0.1, 0.15) is 29.0 Å². The van der Waals surface area contributed by atoms with Crippen molar-refractivity contribution in [3.8, 4) is 17.2 Å². The number of nitrogens with zero attached hydrogens (tertiary/aromatic N) is 1. The van der Waals surface area contributed by atoms with E-state index in [4.69, 9.17) is 14.2 Å². The van der Waals surface area contributed by atoms with E-state index in [1.165, 1.54) is 0 Å². The van der Waals surface area contributed by atoms with Gasteiger partial charge in [0.05, 0.1) is 24.6 Å². The van der Waals surface area contributed by atoms with Crippen LogP contribution < -0.4 is 19.8 Å². The topological polar surface area (TPSA) is 66.8 Å². The molecular formula is C27H23NO5. The number of aryl methyl sites for hydroxylation is 1. The molecule has 0 saturated carbocycles. The summed E-state index contributed by atoms with van der Waals surface area (Å²) in [7, 11) is 3.31. The van der Waals surface area contributed by atoms with Gasteiger partial charge in [0.2, 0.25) is 0 Å². The third-order valence-electron chi connectivity index (χ3n) is 6.05. The number of rotatable bonds is 5. The van der Waals surface area contributed by atoms with E-state index in [1.807, 2.05) is 72.8 Å². The van der Waals surface area contributed by atoms with Gasteiger partial charge in [-0.1, -0.05) is 48.5 Å². The van der Waals surface area contributed by atoms with Gasteiger partial charge in [-0.05, 0) is 35.4 Å². The Morgan fingerprint density at radius 2 is 1.73 bits per heavy atom. The van der Waals surface area contributed by atoms with Crippen molar-refractivity contribution in [3.63, 3.8) is 0 Å². The first-order valence-corrected chi connectivity index (χ1v) is 10.7. The normalized spacial score (nSPS) is 15.1. The molecule has 0 saturated heterocycles. The van der Waals surface area contributed by atoms with E-state index in [9.17, 15) is 9.59 Å². The van der Waals surface area contributed by atoms with Gasteiger partial charge < -0.3 is 18.8 Å². The van der Waals surface area contributed by atoms with Crippen LogP contribution in [-0.2, 0) is 18.4 Å². The summed E-state index contributed by atoms with van der Waals surface area (Å²) in [5.41, 5.74) is 2.87. The molecule has 0 fully saturated rings. The van der Waals surface area contributed by atoms with Gasteiger partial charge in [-0.15, -0.1) is 0 Å². The second-order valence-electron chi connectivity index (χ2n) is 8.04. The Morgan fingerprint density at radius 3 is 2.52 bits per heavy atom. The third-order valence-corrected chi connectivity index (χ3v) is 6.05. The van der Waals surface area contributed by atoms with Crippen molar-refractivity contribution < 1.29 is 19.0 Å². The molecule has 0 N–H and O–H groups in total. The van der Waals surface area contributed by atoms with Crippen molar-refractivity contribution in [1.82, 2.24) is 4.57 Å². The van der Waals surface area contributed by atoms with Crippen molar-refractivity contribution in [3.05, 3.63) is 99.8 Å². The van der Waals surface area contributed by atoms with Gasteiger partial charge in [-0.2, -0.15) is 0 Å². The van der Waals surface area contributed by atoms with Crippen molar-refractivity contribution in [2.24, 2.45) is 7.05 Å². The number of esters is 1. The largest absolute Gasteiger partial charge is 0.493 e. The van der Waals surface area contributed by atoms with Crippen LogP contribution in [0.3, 0.4) is 0 Å². The first-order valence-electron chi connectivity index (χ1n) is 10.7. The van der Waals surface area contributed by atoms with Crippen LogP contribution in [0.25, 0.3) is 10.9 Å². The number of hydrogen-bond acceptors (Lipinski definition) is 5. The van der Waals surface area contributed by atoms with Crippen LogP contribution in [0, 0.1) is 0 Å². The summed E-state index contributed by atoms with van der Waals surface area (Å²) in [6.07, 6.45) is 0.0773. The minimum Gasteiger partial charge on any atom is -0.493 e. The van der Waals surface area contributed by atoms with E-state index >= 15 is 0 Å². The Hall–Kier alpha value is -4.06. The average Bonchev–Trinajstić information content (AvgIpc) is 2.86. The van der Waals surface area contributed by atoms with E-state index < -0.39 is 5.92 Å². The number of ether oxygens (including phenoxy) is 3. The molecule has 1 aliphatic rings. The molecule has 1 aromatic heterocycles. The van der Waals surface area contributed by atoms with Gasteiger partial charge in [-0.3, -0.25) is 9.59 Å². The lowest BCUT2D eigenvalue weighted by atomic mass is 9.86. The predicted octanol–water partition coefficient (Wildman–Crippen LogP) is 4.57. The fraction of sp³-hybridized carbons (Fsp3) is 0.185. The number of hydrogen-bond donors (Lipinski definition) is 0. The third kappa shape index (κ3) is 3.74. The lowest BCUT2D eigenvalue weighted by Crippen LogP contribution is -2.31. The number of benzene rings is 3. The van der Waals surface area contributed by atoms with Crippen molar-refractivity contribution >= 4 is 16.9 Å². The Bertz CT molecular complexity index is 1410. The summed E-state index contributed by atoms with van der Waals surface area (Å²) >= 11 is 0. The van der Waals surface area contributed by atoms with E-state index in [0.29, 0.717) is 29.4 Å². The highest BCUT2D eigenvalue weighted by molar-refractivity contribution is 5.91. The van der Waals surface area contributed by atoms with Gasteiger partial charge >= 0.3 is 5.97 Å². The van der Waals surface area contributed by atoms with Crippen molar-refractivity contribution in [1.29, 1.82) is 0 Å². The number of pyridine rings is 1. The molecular weight excluding hydrogens is 418 g/mol. The molecule has 0 aliphatic carbocycles. The summed E-state index contributed by atoms with van der Waals surface area (Å²) < 4.78 is 18.7. The second-order valence-corrected chi connectivity index (χ2v) is 8.04. The minimum absolute atomic E-state index is 0.0773. The zero-order valence-corrected chi connectivity index (χ0v) is 18.4. The summed E-state index contributed by atoms with van der Waals surface area (Å²) in [5, 5.41) is 0.738. The summed E-state index contributed by atoms with van der Waals surface area (Å²) in [6.45, 7) is 0.404. The number of methoxy groups -OCH3 is 1. The predicted molar refractivity (Wildman–Crippen MR) is 125 cm³/mol. The minimum atomic E-state index is -0.443. The average molecular weight is 441 g/mol. The first-order chi connectivity index (χ1) is 16.1. The van der Waals surface area contributed by atoms with Crippen LogP contribution in [0.5, 0.6) is 17.2 Å². The van der Waals surface area contributed by atoms with E-state index in [-0.39, 0.29) is 17.9 Å². The number of carbonyl (C=O) groups is 1. The van der Waals surface area contributed by atoms with Gasteiger partial charge in [0.15, 0.2) is 11.5 Å². The Balaban J connectivity index is 1.56. The molecule has 4 aromatic rings. The standard InChI is InChI=1S/C27H23NO5/c1-28-21-11-7-6-10-19(21)26-25(27(28)30)20(15-24(29)33-26)18-12-13-22(23(14-18)31-2)32-16-17-8-4-3-5-9-17/h3-14,20H,15-16H2,1-2H3. The quantitative estimate of drug-likeness (QED) is 0.425. The second kappa shape index (κ2) is 8.47. The maximum atomic E-state index is 13.3. The maximum Gasteiger partial charge on any atom is 0.312 e. The molecule has 0 radical (unpaired) electrons. The molecule has 6 nitrogen and oxygen atoms in total. The molecule has 33 heavy (non-hydrogen) atoms. The van der Waals surface area contributed by atoms with Crippen LogP contribution in [-0.4, -0.2) is 17.6 Å². The SMILES string of the molecule is COc1cc(C2CC(=O)Oc3c2c(=O)n(C)c2ccccc32)ccc1OCc1ccccc1. The summed E-state index contributed by atoms with van der Waals surface area (Å²) in [6, 6.07) is 22.8. The smallest absolute Gasteiger partial charge is 0.312 e. The summed E-state index contributed by atoms with van der Waals surface area (Å²) in [5.74, 6) is 0.672. The molecule has 2 heterocycles. The molecule has 0 bridgehead atoms. The van der Waals surface area contributed by atoms with E-state index in [0.717, 1.165) is 22.0 Å². The Kier molecular flexibility index (Phi) is 5.34. The molecule has 0 spiro atoms. The maximum absolute atomic E-state index is 13.3. The molecule has 1 aliphatic heterocycles. The highest BCUT2D eigenvalue weighted by Gasteiger charge is 2.34. The van der Waals surface area contributed by atoms with Gasteiger partial charge in [0.1, 0.15) is 12.4 Å². The number of fused-ring (bicyclic) bond motifs is 3. The van der Waals surface area contributed by atoms with E-state index in [2.05, 4.69) is 0 Å². The van der Waals surface area contributed by atoms with Gasteiger partial charge in [0, 0.05) is 18.4 Å². The van der Waals surface area contributed by atoms with Gasteiger partial charge in [-0.25, -0.2) is 0 Å². The zero-order valence-electron chi connectivity index (χ0n) is 18.4. The molecule has 0 amide bonds. The Morgan fingerprint density at radius 1 is 0.970 bits per heavy atom. The fourth-order valence-electron chi connectivity index (χ4n) is 4.37. The van der Waals surface area contributed by atoms with Crippen molar-refractivity contribution in [2.75, 3.05) is 7.11 Å². The molecule has 6 heteroatoms. The highest BCUT2D eigenvalue weighted by atomic mass is 16.5. The first kappa shape index (κ1) is 20.8. The molecule has 1 atom stereocenters. The lowest BCUT2D eigenvalue weighted by molar-refractivity contribution is -0.135. The number of carbonyl (C=O) groups excluding carboxylic acids is 1. The van der Waals surface area contributed by atoms with E-state index in [1.54, 1.807) is 18.7 Å². The van der Waals surface area contributed by atoms with Crippen LogP contribution in [0.2, 0.25) is 0 Å². The number of para-hydroxylation sites is 1. The Labute approximate surface area is 191 Å². The van der Waals surface area contributed by atoms with Crippen LogP contribution in [0.4, 0.5) is 0 Å². The van der Waals surface area contributed by atoms with Gasteiger partial charge in [0.25, 0.3) is 5.56 Å². The van der Waals surface area contributed by atoms with Crippen LogP contribution in [0.15, 0.2) is 77.6 Å². The molecule has 166 valence electrons. The van der Waals surface area contributed by atoms with Crippen molar-refractivity contribution in [2.45, 2.75) is 18.9 Å². The monoisotopic (exact) mass is 441 g/mol. The fourth-order valence-corrected chi connectivity index (χ4v) is 4.37. The molecule has 3 aromatic carbocycles. The molecule has 1 unspecified atom stereocenters.